The number of carbonyl (C=O) groups excluding carboxylic acids is 1. The normalized spacial score (nSPS) is 13.7. The van der Waals surface area contributed by atoms with Crippen LogP contribution >= 0.6 is 0 Å². The Hall–Kier alpha value is -1.55. The van der Waals surface area contributed by atoms with Crippen LogP contribution in [0, 0.1) is 0 Å². The molecule has 0 radical (unpaired) electrons. The number of rotatable bonds is 7. The van der Waals surface area contributed by atoms with Gasteiger partial charge in [-0.15, -0.1) is 0 Å². The summed E-state index contributed by atoms with van der Waals surface area (Å²) in [6, 6.07) is 8.28. The van der Waals surface area contributed by atoms with E-state index in [1.54, 1.807) is 0 Å². The van der Waals surface area contributed by atoms with E-state index in [0.29, 0.717) is 11.8 Å². The number of carbonyl (C=O) groups is 1. The van der Waals surface area contributed by atoms with Crippen LogP contribution in [-0.2, 0) is 4.79 Å². The number of ether oxygens (including phenoxy) is 1. The van der Waals surface area contributed by atoms with E-state index in [-0.39, 0.29) is 18.6 Å². The Morgan fingerprint density at radius 3 is 2.42 bits per heavy atom. The van der Waals surface area contributed by atoms with Gasteiger partial charge >= 0.3 is 0 Å². The third kappa shape index (κ3) is 5.30. The third-order valence-corrected chi connectivity index (χ3v) is 3.20. The number of hydrogen-bond acceptors (Lipinski definition) is 3. The summed E-state index contributed by atoms with van der Waals surface area (Å²) in [4.78, 5) is 11.6. The minimum Gasteiger partial charge on any atom is -0.484 e. The molecule has 106 valence electrons. The topological polar surface area (TPSA) is 50.4 Å². The van der Waals surface area contributed by atoms with E-state index < -0.39 is 0 Å². The van der Waals surface area contributed by atoms with Crippen LogP contribution in [0.5, 0.6) is 5.75 Å². The molecule has 1 rings (SSSR count). The lowest BCUT2D eigenvalue weighted by Crippen LogP contribution is -2.35. The zero-order valence-electron chi connectivity index (χ0n) is 12.2. The van der Waals surface area contributed by atoms with Gasteiger partial charge < -0.3 is 15.4 Å². The number of amides is 1. The number of nitrogens with one attached hydrogen (secondary N) is 2. The summed E-state index contributed by atoms with van der Waals surface area (Å²) in [5, 5.41) is 6.04. The van der Waals surface area contributed by atoms with Crippen molar-refractivity contribution in [3.05, 3.63) is 29.8 Å². The van der Waals surface area contributed by atoms with Crippen molar-refractivity contribution in [2.75, 3.05) is 13.7 Å². The van der Waals surface area contributed by atoms with Crippen LogP contribution in [0.25, 0.3) is 0 Å². The van der Waals surface area contributed by atoms with Crippen molar-refractivity contribution < 1.29 is 9.53 Å². The fourth-order valence-corrected chi connectivity index (χ4v) is 1.59. The first-order valence-corrected chi connectivity index (χ1v) is 6.76. The average molecular weight is 264 g/mol. The molecule has 4 nitrogen and oxygen atoms in total. The van der Waals surface area contributed by atoms with Crippen LogP contribution in [0.2, 0.25) is 0 Å². The highest BCUT2D eigenvalue weighted by Gasteiger charge is 2.07. The molecule has 0 saturated carbocycles. The van der Waals surface area contributed by atoms with Crippen LogP contribution in [0.3, 0.4) is 0 Å². The van der Waals surface area contributed by atoms with Crippen molar-refractivity contribution in [3.63, 3.8) is 0 Å². The molecular weight excluding hydrogens is 240 g/mol. The van der Waals surface area contributed by atoms with Gasteiger partial charge in [0.25, 0.3) is 5.91 Å². The summed E-state index contributed by atoms with van der Waals surface area (Å²) >= 11 is 0. The van der Waals surface area contributed by atoms with Gasteiger partial charge in [-0.25, -0.2) is 0 Å². The molecule has 1 aromatic carbocycles. The number of benzene rings is 1. The molecule has 19 heavy (non-hydrogen) atoms. The monoisotopic (exact) mass is 264 g/mol. The van der Waals surface area contributed by atoms with E-state index in [1.807, 2.05) is 45.2 Å². The van der Waals surface area contributed by atoms with E-state index in [4.69, 9.17) is 4.74 Å². The molecule has 0 aliphatic carbocycles. The van der Waals surface area contributed by atoms with Crippen LogP contribution in [0.1, 0.15) is 38.8 Å². The largest absolute Gasteiger partial charge is 0.484 e. The average Bonchev–Trinajstić information content (AvgIpc) is 2.44. The molecule has 0 heterocycles. The fraction of sp³-hybridized carbons (Fsp3) is 0.533. The van der Waals surface area contributed by atoms with Crippen LogP contribution in [-0.4, -0.2) is 25.6 Å². The molecule has 2 N–H and O–H groups in total. The molecular formula is C15H24N2O2. The Morgan fingerprint density at radius 1 is 1.26 bits per heavy atom. The van der Waals surface area contributed by atoms with Gasteiger partial charge in [-0.2, -0.15) is 0 Å². The smallest absolute Gasteiger partial charge is 0.258 e. The van der Waals surface area contributed by atoms with E-state index in [2.05, 4.69) is 17.6 Å². The first-order valence-electron chi connectivity index (χ1n) is 6.76. The molecule has 0 fully saturated rings. The lowest BCUT2D eigenvalue weighted by molar-refractivity contribution is -0.123. The predicted molar refractivity (Wildman–Crippen MR) is 77.3 cm³/mol. The molecule has 0 aliphatic heterocycles. The van der Waals surface area contributed by atoms with Crippen molar-refractivity contribution in [1.29, 1.82) is 0 Å². The standard InChI is InChI=1S/C15H24N2O2/c1-5-11(2)17-15(18)10-19-14-8-6-13(7-9-14)12(3)16-4/h6-9,11-12,16H,5,10H2,1-4H3,(H,17,18). The molecule has 2 unspecified atom stereocenters. The minimum atomic E-state index is -0.0815. The summed E-state index contributed by atoms with van der Waals surface area (Å²) in [7, 11) is 1.92. The molecule has 4 heteroatoms. The van der Waals surface area contributed by atoms with Gasteiger partial charge in [0.1, 0.15) is 5.75 Å². The van der Waals surface area contributed by atoms with Crippen molar-refractivity contribution >= 4 is 5.91 Å². The number of hydrogen-bond donors (Lipinski definition) is 2. The molecule has 2 atom stereocenters. The third-order valence-electron chi connectivity index (χ3n) is 3.20. The van der Waals surface area contributed by atoms with E-state index in [9.17, 15) is 4.79 Å². The van der Waals surface area contributed by atoms with Gasteiger partial charge in [0.2, 0.25) is 0 Å². The molecule has 1 aromatic rings. The summed E-state index contributed by atoms with van der Waals surface area (Å²) in [5.41, 5.74) is 1.19. The Kier molecular flexibility index (Phi) is 6.36. The van der Waals surface area contributed by atoms with Gasteiger partial charge in [0, 0.05) is 12.1 Å². The maximum absolute atomic E-state index is 11.6. The summed E-state index contributed by atoms with van der Waals surface area (Å²) in [6.07, 6.45) is 0.919. The Morgan fingerprint density at radius 2 is 1.89 bits per heavy atom. The van der Waals surface area contributed by atoms with E-state index >= 15 is 0 Å². The molecule has 0 aliphatic rings. The van der Waals surface area contributed by atoms with Crippen LogP contribution in [0.15, 0.2) is 24.3 Å². The Bertz CT molecular complexity index is 390. The Labute approximate surface area is 115 Å². The van der Waals surface area contributed by atoms with Crippen molar-refractivity contribution in [2.24, 2.45) is 0 Å². The Balaban J connectivity index is 2.43. The van der Waals surface area contributed by atoms with Crippen molar-refractivity contribution in [2.45, 2.75) is 39.3 Å². The second kappa shape index (κ2) is 7.79. The van der Waals surface area contributed by atoms with Gasteiger partial charge in [-0.05, 0) is 45.0 Å². The van der Waals surface area contributed by atoms with Crippen LogP contribution in [0.4, 0.5) is 0 Å². The van der Waals surface area contributed by atoms with Gasteiger partial charge in [0.15, 0.2) is 6.61 Å². The molecule has 0 saturated heterocycles. The van der Waals surface area contributed by atoms with Gasteiger partial charge in [-0.3, -0.25) is 4.79 Å². The quantitative estimate of drug-likeness (QED) is 0.794. The highest BCUT2D eigenvalue weighted by molar-refractivity contribution is 5.77. The second-order valence-corrected chi connectivity index (χ2v) is 4.74. The lowest BCUT2D eigenvalue weighted by Gasteiger charge is -2.13. The summed E-state index contributed by atoms with van der Waals surface area (Å²) in [5.74, 6) is 0.633. The first kappa shape index (κ1) is 15.5. The van der Waals surface area contributed by atoms with Crippen molar-refractivity contribution in [1.82, 2.24) is 10.6 Å². The second-order valence-electron chi connectivity index (χ2n) is 4.74. The zero-order chi connectivity index (χ0) is 14.3. The van der Waals surface area contributed by atoms with Crippen LogP contribution < -0.4 is 15.4 Å². The van der Waals surface area contributed by atoms with Crippen molar-refractivity contribution in [3.8, 4) is 5.75 Å². The fourth-order valence-electron chi connectivity index (χ4n) is 1.59. The SMILES string of the molecule is CCC(C)NC(=O)COc1ccc(C(C)NC)cc1. The molecule has 0 bridgehead atoms. The highest BCUT2D eigenvalue weighted by Crippen LogP contribution is 2.17. The van der Waals surface area contributed by atoms with Gasteiger partial charge in [0.05, 0.1) is 0 Å². The zero-order valence-corrected chi connectivity index (χ0v) is 12.2. The molecule has 1 amide bonds. The maximum atomic E-state index is 11.6. The van der Waals surface area contributed by atoms with E-state index in [0.717, 1.165) is 6.42 Å². The minimum absolute atomic E-state index is 0.0608. The molecule has 0 spiro atoms. The van der Waals surface area contributed by atoms with E-state index in [1.165, 1.54) is 5.56 Å². The maximum Gasteiger partial charge on any atom is 0.258 e. The lowest BCUT2D eigenvalue weighted by atomic mass is 10.1. The summed E-state index contributed by atoms with van der Waals surface area (Å²) < 4.78 is 5.45. The predicted octanol–water partition coefficient (Wildman–Crippen LogP) is 2.26. The summed E-state index contributed by atoms with van der Waals surface area (Å²) in [6.45, 7) is 6.17. The van der Waals surface area contributed by atoms with Gasteiger partial charge in [-0.1, -0.05) is 19.1 Å². The first-order chi connectivity index (χ1) is 9.06. The molecule has 0 aromatic heterocycles. The highest BCUT2D eigenvalue weighted by atomic mass is 16.5.